The predicted molar refractivity (Wildman–Crippen MR) is 511 cm³/mol. The molecule has 136 heavy (non-hydrogen) atoms. The quantitative estimate of drug-likeness (QED) is 0.0134. The van der Waals surface area contributed by atoms with Gasteiger partial charge in [-0.25, -0.2) is 14.5 Å². The van der Waals surface area contributed by atoms with Gasteiger partial charge in [-0.15, -0.1) is 0 Å². The van der Waals surface area contributed by atoms with Crippen LogP contribution in [0.3, 0.4) is 0 Å². The third-order valence-corrected chi connectivity index (χ3v) is 26.6. The van der Waals surface area contributed by atoms with E-state index >= 15 is 0 Å². The molecule has 9 rings (SSSR count). The van der Waals surface area contributed by atoms with E-state index < -0.39 is 144 Å². The summed E-state index contributed by atoms with van der Waals surface area (Å²) in [4.78, 5) is 191. The van der Waals surface area contributed by atoms with E-state index in [0.29, 0.717) is 128 Å². The lowest BCUT2D eigenvalue weighted by Gasteiger charge is -2.41. The number of ether oxygens (including phenoxy) is 9. The number of hydrogen-bond acceptors (Lipinski definition) is 25. The lowest BCUT2D eigenvalue weighted by atomic mass is 9.89. The third kappa shape index (κ3) is 31.0. The number of likely N-dealkylation sites (N-methyl/N-ethyl adjacent to an activating group) is 2. The molecule has 0 aromatic heterocycles. The maximum absolute atomic E-state index is 14.9. The Bertz CT molecular complexity index is 4740. The Balaban J connectivity index is 0.691. The summed E-state index contributed by atoms with van der Waals surface area (Å²) in [5.74, 6) is -6.66. The first kappa shape index (κ1) is 109. The van der Waals surface area contributed by atoms with Crippen LogP contribution in [0, 0.1) is 29.6 Å². The second-order valence-electron chi connectivity index (χ2n) is 35.1. The number of likely N-dealkylation sites (tertiary alicyclic amines) is 1. The van der Waals surface area contributed by atoms with Crippen molar-refractivity contribution in [2.75, 3.05) is 150 Å². The Morgan fingerprint density at radius 3 is 1.66 bits per heavy atom. The number of rotatable bonds is 51. The van der Waals surface area contributed by atoms with Crippen molar-refractivity contribution >= 4 is 112 Å². The minimum atomic E-state index is -1.17. The predicted octanol–water partition coefficient (Wildman–Crippen LogP) is 8.33. The van der Waals surface area contributed by atoms with Crippen LogP contribution in [0.25, 0.3) is 0 Å². The van der Waals surface area contributed by atoms with Crippen molar-refractivity contribution in [2.45, 2.75) is 185 Å². The maximum Gasteiger partial charge on any atom is 0.410 e. The summed E-state index contributed by atoms with van der Waals surface area (Å²) in [6.07, 6.45) is -1.27. The Hall–Kier alpha value is -11.1. The molecule has 12 atom stereocenters. The summed E-state index contributed by atoms with van der Waals surface area (Å²) in [5.41, 5.74) is 8.06. The molecule has 36 nitrogen and oxygen atoms in total. The van der Waals surface area contributed by atoms with Crippen LogP contribution < -0.4 is 47.3 Å². The van der Waals surface area contributed by atoms with Crippen LogP contribution in [0.15, 0.2) is 147 Å². The van der Waals surface area contributed by atoms with Gasteiger partial charge >= 0.3 is 12.1 Å². The number of anilines is 2. The number of aliphatic hydroxyl groups excluding tert-OH is 1. The van der Waals surface area contributed by atoms with Gasteiger partial charge in [0.2, 0.25) is 41.4 Å². The summed E-state index contributed by atoms with van der Waals surface area (Å²) in [7, 11) is 6.06. The Labute approximate surface area is 804 Å². The maximum atomic E-state index is 14.9. The van der Waals surface area contributed by atoms with Gasteiger partial charge in [0, 0.05) is 94.2 Å². The van der Waals surface area contributed by atoms with Gasteiger partial charge in [-0.05, 0) is 152 Å². The Morgan fingerprint density at radius 1 is 0.588 bits per heavy atom. The standard InChI is InChI=1S/C98H135N13O23S2/c1-15-63(8)83(77(126-13)57-79(113)110-42-20-24-76(110)85(127-14)64(9)88(115)101-65(10)84(114)67-21-17-16-18-22-67)106(11)94(121)81(61(4)5)105-91(118)82(62(6)7)107(12)98(125)134-58-66-25-31-70(32-26-66)102-89(116)75(23-19-41-100-97(99)124)103-90(117)80(60(2)3)104-78(112)59-132-54-53-130-51-52-131-55-56-133-72-35-33-71(34-36-72)111-95(122)86(135-73-37-27-68(28-38-73)92(119)108-43-47-128-48-44-108)87(96(111)123)136-74-39-29-69(30-40-74)93(120)109-45-49-129-50-46-109/h16-18,21-22,25-40,60-65,75-77,80-85,114H,15,19-20,23-24,41-59H2,1-14H3,(H,101,115)(H,102,116)(H,103,117)(H,104,112)(H,105,118)(H3,99,100,124)/t63?,64-,65-,75+,76+,77-,80+,81+,82+,83+,84-,85-/m1/s1. The number of aliphatic hydroxyl groups is 1. The fraction of sp³-hybridized carbons (Fsp3) is 0.541. The minimum Gasteiger partial charge on any atom is -0.491 e. The number of benzene rings is 5. The molecule has 3 saturated heterocycles. The normalized spacial score (nSPS) is 17.1. The van der Waals surface area contributed by atoms with Crippen molar-refractivity contribution in [1.29, 1.82) is 0 Å². The van der Waals surface area contributed by atoms with Gasteiger partial charge < -0.3 is 105 Å². The molecule has 0 saturated carbocycles. The second-order valence-corrected chi connectivity index (χ2v) is 37.2. The van der Waals surface area contributed by atoms with Gasteiger partial charge in [0.15, 0.2) is 0 Å². The van der Waals surface area contributed by atoms with E-state index in [9.17, 15) is 67.4 Å². The molecule has 0 radical (unpaired) electrons. The van der Waals surface area contributed by atoms with Crippen LogP contribution in [0.4, 0.5) is 21.0 Å². The second kappa shape index (κ2) is 54.2. The zero-order chi connectivity index (χ0) is 98.8. The highest BCUT2D eigenvalue weighted by atomic mass is 32.2. The van der Waals surface area contributed by atoms with Crippen LogP contribution in [-0.4, -0.2) is 301 Å². The van der Waals surface area contributed by atoms with E-state index in [2.05, 4.69) is 31.9 Å². The molecule has 9 N–H and O–H groups in total. The van der Waals surface area contributed by atoms with Crippen molar-refractivity contribution in [3.8, 4) is 5.75 Å². The van der Waals surface area contributed by atoms with E-state index in [0.717, 1.165) is 28.4 Å². The minimum absolute atomic E-state index is 0.0208. The molecular formula is C98H135N13O23S2. The molecule has 0 aliphatic carbocycles. The molecule has 14 amide bonds. The average Bonchev–Trinajstić information content (AvgIpc) is 1.62. The number of hydrogen-bond donors (Lipinski definition) is 8. The summed E-state index contributed by atoms with van der Waals surface area (Å²) in [6.45, 7) is 22.4. The number of primary amides is 1. The van der Waals surface area contributed by atoms with E-state index in [1.165, 1.54) is 26.2 Å². The van der Waals surface area contributed by atoms with Crippen molar-refractivity contribution in [1.82, 2.24) is 51.1 Å². The number of carbonyl (C=O) groups is 13. The number of thioether (sulfide) groups is 2. The average molecular weight is 1930 g/mol. The largest absolute Gasteiger partial charge is 0.491 e. The Kier molecular flexibility index (Phi) is 43.3. The number of carbonyl (C=O) groups excluding carboxylic acids is 13. The molecule has 5 aromatic rings. The lowest BCUT2D eigenvalue weighted by Crippen LogP contribution is -2.60. The van der Waals surface area contributed by atoms with Gasteiger partial charge in [-0.2, -0.15) is 0 Å². The molecular weight excluding hydrogens is 1790 g/mol. The number of morpholine rings is 2. The first-order valence-corrected chi connectivity index (χ1v) is 48.0. The van der Waals surface area contributed by atoms with Crippen LogP contribution >= 0.6 is 23.5 Å². The number of urea groups is 1. The number of nitrogens with two attached hydrogens (primary N) is 1. The monoisotopic (exact) mass is 1930 g/mol. The van der Waals surface area contributed by atoms with Crippen LogP contribution in [0.1, 0.15) is 146 Å². The summed E-state index contributed by atoms with van der Waals surface area (Å²) < 4.78 is 51.5. The highest BCUT2D eigenvalue weighted by Gasteiger charge is 2.46. The van der Waals surface area contributed by atoms with Crippen LogP contribution in [0.2, 0.25) is 0 Å². The number of imide groups is 1. The van der Waals surface area contributed by atoms with E-state index in [4.69, 9.17) is 48.4 Å². The molecule has 0 spiro atoms. The zero-order valence-electron chi connectivity index (χ0n) is 80.3. The summed E-state index contributed by atoms with van der Waals surface area (Å²) >= 11 is 2.24. The summed E-state index contributed by atoms with van der Waals surface area (Å²) in [5, 5.41) is 27.6. The molecule has 742 valence electrons. The highest BCUT2D eigenvalue weighted by Crippen LogP contribution is 2.45. The molecule has 0 bridgehead atoms. The van der Waals surface area contributed by atoms with Crippen molar-refractivity contribution in [3.05, 3.63) is 159 Å². The molecule has 1 unspecified atom stereocenters. The Morgan fingerprint density at radius 2 is 1.14 bits per heavy atom. The van der Waals surface area contributed by atoms with Crippen LogP contribution in [0.5, 0.6) is 5.75 Å². The molecule has 4 heterocycles. The SMILES string of the molecule is CCC(C)[C@@H]([C@@H](CC(=O)N1CCC[C@H]1[C@H](OC)[C@@H](C)C(=O)N[C@H](C)[C@@H](O)c1ccccc1)OC)N(C)C(=O)[C@@H](NC(=O)[C@H](C(C)C)N(C)C(=O)OCc1ccc(NC(=O)[C@H](CCCNC(N)=O)NC(=O)[C@@H](NC(=O)COCCOCCOCCOc2ccc(N3C(=O)C(Sc4ccc(C(=O)N5CCOCC5)cc4)=C(Sc4ccc(C(=O)N5CCOCC5)cc4)C3=O)cc2)C(C)C)cc1)C(C)C. The first-order valence-electron chi connectivity index (χ1n) is 46.4. The zero-order valence-corrected chi connectivity index (χ0v) is 81.9. The van der Waals surface area contributed by atoms with Gasteiger partial charge in [0.1, 0.15) is 49.7 Å². The van der Waals surface area contributed by atoms with Crippen molar-refractivity contribution in [2.24, 2.45) is 35.3 Å². The molecule has 38 heteroatoms. The number of nitrogens with zero attached hydrogens (tertiary/aromatic N) is 6. The highest BCUT2D eigenvalue weighted by molar-refractivity contribution is 8.08. The summed E-state index contributed by atoms with van der Waals surface area (Å²) in [6, 6.07) is 28.7. The van der Waals surface area contributed by atoms with Crippen molar-refractivity contribution in [3.63, 3.8) is 0 Å². The molecule has 5 aromatic carbocycles. The van der Waals surface area contributed by atoms with E-state index in [1.807, 2.05) is 32.0 Å². The van der Waals surface area contributed by atoms with Gasteiger partial charge in [-0.3, -0.25) is 57.6 Å². The van der Waals surface area contributed by atoms with Crippen LogP contribution in [-0.2, 0) is 87.7 Å². The fourth-order valence-electron chi connectivity index (χ4n) is 16.5. The molecule has 4 aliphatic heterocycles. The van der Waals surface area contributed by atoms with E-state index in [1.54, 1.807) is 191 Å². The lowest BCUT2D eigenvalue weighted by molar-refractivity contribution is -0.148. The first-order chi connectivity index (χ1) is 65.1. The van der Waals surface area contributed by atoms with Gasteiger partial charge in [0.05, 0.1) is 124 Å². The molecule has 3 fully saturated rings. The number of nitrogens with one attached hydrogen (secondary N) is 6. The van der Waals surface area contributed by atoms with Gasteiger partial charge in [0.25, 0.3) is 23.6 Å². The third-order valence-electron chi connectivity index (χ3n) is 24.3. The van der Waals surface area contributed by atoms with Gasteiger partial charge in [-0.1, -0.05) is 135 Å². The number of amides is 14. The van der Waals surface area contributed by atoms with Crippen molar-refractivity contribution < 1.29 is 110 Å². The molecule has 4 aliphatic rings. The smallest absolute Gasteiger partial charge is 0.410 e. The van der Waals surface area contributed by atoms with E-state index in [-0.39, 0.29) is 111 Å². The fourth-order valence-corrected chi connectivity index (χ4v) is 18.5. The topological polar surface area (TPSA) is 443 Å². The number of methoxy groups -OCH3 is 2.